The monoisotopic (exact) mass is 268 g/mol. The molecule has 0 spiro atoms. The zero-order valence-corrected chi connectivity index (χ0v) is 12.3. The lowest BCUT2D eigenvalue weighted by molar-refractivity contribution is 0.589. The van der Waals surface area contributed by atoms with Crippen LogP contribution in [-0.4, -0.2) is 33.1 Å². The summed E-state index contributed by atoms with van der Waals surface area (Å²) in [5.41, 5.74) is 0. The molecule has 0 aliphatic carbocycles. The van der Waals surface area contributed by atoms with E-state index in [0.717, 1.165) is 31.2 Å². The fourth-order valence-electron chi connectivity index (χ4n) is 2.25. The Morgan fingerprint density at radius 2 is 2.22 bits per heavy atom. The summed E-state index contributed by atoms with van der Waals surface area (Å²) in [7, 11) is 0. The van der Waals surface area contributed by atoms with E-state index in [0.29, 0.717) is 5.25 Å². The van der Waals surface area contributed by atoms with Gasteiger partial charge in [-0.25, -0.2) is 0 Å². The lowest BCUT2D eigenvalue weighted by atomic mass is 10.2. The minimum absolute atomic E-state index is 0.549. The Kier molecular flexibility index (Phi) is 5.50. The standard InChI is InChI=1S/C13H24N4S/c1-3-8-14-10-11(2)18-13-16-15-12-7-5-4-6-9-17(12)13/h11,14H,3-10H2,1-2H3. The first-order valence-corrected chi connectivity index (χ1v) is 7.98. The van der Waals surface area contributed by atoms with Crippen molar-refractivity contribution in [1.29, 1.82) is 0 Å². The Bertz CT molecular complexity index is 364. The Balaban J connectivity index is 1.90. The summed E-state index contributed by atoms with van der Waals surface area (Å²) < 4.78 is 2.33. The van der Waals surface area contributed by atoms with Gasteiger partial charge < -0.3 is 9.88 Å². The highest BCUT2D eigenvalue weighted by molar-refractivity contribution is 7.99. The lowest BCUT2D eigenvalue weighted by Crippen LogP contribution is -2.23. The molecule has 1 atom stereocenters. The molecule has 2 rings (SSSR count). The first-order chi connectivity index (χ1) is 8.81. The molecule has 0 aromatic carbocycles. The van der Waals surface area contributed by atoms with E-state index in [2.05, 4.69) is 33.9 Å². The first-order valence-electron chi connectivity index (χ1n) is 7.10. The van der Waals surface area contributed by atoms with Gasteiger partial charge in [0.05, 0.1) is 0 Å². The molecule has 0 saturated heterocycles. The quantitative estimate of drug-likeness (QED) is 0.636. The third-order valence-electron chi connectivity index (χ3n) is 3.24. The largest absolute Gasteiger partial charge is 0.316 e. The molecule has 4 nitrogen and oxygen atoms in total. The van der Waals surface area contributed by atoms with Crippen molar-refractivity contribution in [2.24, 2.45) is 0 Å². The van der Waals surface area contributed by atoms with Crippen LogP contribution in [0.3, 0.4) is 0 Å². The highest BCUT2D eigenvalue weighted by atomic mass is 32.2. The number of fused-ring (bicyclic) bond motifs is 1. The summed E-state index contributed by atoms with van der Waals surface area (Å²) in [5, 5.41) is 13.8. The van der Waals surface area contributed by atoms with Crippen molar-refractivity contribution in [3.05, 3.63) is 5.82 Å². The fourth-order valence-corrected chi connectivity index (χ4v) is 3.22. The first kappa shape index (κ1) is 13.9. The Hall–Kier alpha value is -0.550. The second-order valence-corrected chi connectivity index (χ2v) is 6.40. The summed E-state index contributed by atoms with van der Waals surface area (Å²) in [6.45, 7) is 7.69. The van der Waals surface area contributed by atoms with Crippen LogP contribution in [0.1, 0.15) is 45.4 Å². The molecule has 1 aliphatic heterocycles. The molecular weight excluding hydrogens is 244 g/mol. The molecule has 0 amide bonds. The van der Waals surface area contributed by atoms with E-state index in [1.54, 1.807) is 0 Å². The number of nitrogens with zero attached hydrogens (tertiary/aromatic N) is 3. The van der Waals surface area contributed by atoms with Gasteiger partial charge in [-0.15, -0.1) is 10.2 Å². The maximum absolute atomic E-state index is 4.36. The molecule has 0 bridgehead atoms. The number of nitrogens with one attached hydrogen (secondary N) is 1. The zero-order valence-electron chi connectivity index (χ0n) is 11.5. The van der Waals surface area contributed by atoms with Crippen LogP contribution in [0.4, 0.5) is 0 Å². The average molecular weight is 268 g/mol. The predicted octanol–water partition coefficient (Wildman–Crippen LogP) is 2.48. The van der Waals surface area contributed by atoms with E-state index in [1.165, 1.54) is 31.5 Å². The van der Waals surface area contributed by atoms with Crippen LogP contribution in [0.15, 0.2) is 5.16 Å². The van der Waals surface area contributed by atoms with Gasteiger partial charge in [0.1, 0.15) is 5.82 Å². The number of aromatic nitrogens is 3. The van der Waals surface area contributed by atoms with Gasteiger partial charge in [-0.05, 0) is 25.8 Å². The van der Waals surface area contributed by atoms with Crippen LogP contribution in [0, 0.1) is 0 Å². The van der Waals surface area contributed by atoms with E-state index < -0.39 is 0 Å². The van der Waals surface area contributed by atoms with Crippen LogP contribution in [0.2, 0.25) is 0 Å². The molecule has 1 aromatic heterocycles. The molecule has 1 N–H and O–H groups in total. The third-order valence-corrected chi connectivity index (χ3v) is 4.32. The van der Waals surface area contributed by atoms with Crippen LogP contribution in [0.5, 0.6) is 0 Å². The smallest absolute Gasteiger partial charge is 0.191 e. The number of hydrogen-bond donors (Lipinski definition) is 1. The van der Waals surface area contributed by atoms with E-state index in [-0.39, 0.29) is 0 Å². The number of hydrogen-bond acceptors (Lipinski definition) is 4. The lowest BCUT2D eigenvalue weighted by Gasteiger charge is -2.12. The highest BCUT2D eigenvalue weighted by Gasteiger charge is 2.16. The molecule has 1 aliphatic rings. The van der Waals surface area contributed by atoms with Gasteiger partial charge in [0.25, 0.3) is 0 Å². The van der Waals surface area contributed by atoms with E-state index >= 15 is 0 Å². The molecule has 1 unspecified atom stereocenters. The second-order valence-electron chi connectivity index (χ2n) is 4.99. The fraction of sp³-hybridized carbons (Fsp3) is 0.846. The SMILES string of the molecule is CCCNCC(C)Sc1nnc2n1CCCCC2. The molecule has 18 heavy (non-hydrogen) atoms. The molecule has 5 heteroatoms. The van der Waals surface area contributed by atoms with Crippen molar-refractivity contribution >= 4 is 11.8 Å². The maximum atomic E-state index is 4.36. The second kappa shape index (κ2) is 7.14. The summed E-state index contributed by atoms with van der Waals surface area (Å²) in [5.74, 6) is 1.18. The number of aryl methyl sites for hydroxylation is 1. The zero-order chi connectivity index (χ0) is 12.8. The van der Waals surface area contributed by atoms with E-state index in [9.17, 15) is 0 Å². The minimum Gasteiger partial charge on any atom is -0.316 e. The number of rotatable bonds is 6. The van der Waals surface area contributed by atoms with Crippen molar-refractivity contribution in [3.8, 4) is 0 Å². The van der Waals surface area contributed by atoms with Crippen LogP contribution in [-0.2, 0) is 13.0 Å². The average Bonchev–Trinajstić information content (AvgIpc) is 2.60. The van der Waals surface area contributed by atoms with Crippen LogP contribution >= 0.6 is 11.8 Å². The summed E-state index contributed by atoms with van der Waals surface area (Å²) in [6, 6.07) is 0. The summed E-state index contributed by atoms with van der Waals surface area (Å²) in [4.78, 5) is 0. The maximum Gasteiger partial charge on any atom is 0.191 e. The molecular formula is C13H24N4S. The van der Waals surface area contributed by atoms with Crippen LogP contribution in [0.25, 0.3) is 0 Å². The van der Waals surface area contributed by atoms with Gasteiger partial charge in [0.2, 0.25) is 0 Å². The Labute approximate surface area is 114 Å². The van der Waals surface area contributed by atoms with Crippen LogP contribution < -0.4 is 5.32 Å². The van der Waals surface area contributed by atoms with Gasteiger partial charge in [-0.3, -0.25) is 0 Å². The van der Waals surface area contributed by atoms with Gasteiger partial charge in [-0.1, -0.05) is 32.0 Å². The molecule has 2 heterocycles. The van der Waals surface area contributed by atoms with Crippen molar-refractivity contribution in [2.45, 2.75) is 62.9 Å². The van der Waals surface area contributed by atoms with Crippen molar-refractivity contribution < 1.29 is 0 Å². The summed E-state index contributed by atoms with van der Waals surface area (Å²) in [6.07, 6.45) is 6.13. The Morgan fingerprint density at radius 3 is 3.06 bits per heavy atom. The van der Waals surface area contributed by atoms with Gasteiger partial charge in [0, 0.05) is 24.8 Å². The molecule has 0 radical (unpaired) electrons. The third kappa shape index (κ3) is 3.72. The summed E-state index contributed by atoms with van der Waals surface area (Å²) >= 11 is 1.85. The van der Waals surface area contributed by atoms with Crippen molar-refractivity contribution in [1.82, 2.24) is 20.1 Å². The Morgan fingerprint density at radius 1 is 1.33 bits per heavy atom. The normalized spacial score (nSPS) is 17.2. The number of thioether (sulfide) groups is 1. The van der Waals surface area contributed by atoms with Gasteiger partial charge >= 0.3 is 0 Å². The van der Waals surface area contributed by atoms with E-state index in [1.807, 2.05) is 11.8 Å². The predicted molar refractivity (Wildman–Crippen MR) is 76.1 cm³/mol. The molecule has 0 saturated carbocycles. The van der Waals surface area contributed by atoms with Gasteiger partial charge in [-0.2, -0.15) is 0 Å². The minimum atomic E-state index is 0.549. The van der Waals surface area contributed by atoms with E-state index in [4.69, 9.17) is 0 Å². The molecule has 0 fully saturated rings. The topological polar surface area (TPSA) is 42.7 Å². The highest BCUT2D eigenvalue weighted by Crippen LogP contribution is 2.24. The molecule has 1 aromatic rings. The molecule has 102 valence electrons. The van der Waals surface area contributed by atoms with Crippen molar-refractivity contribution in [2.75, 3.05) is 13.1 Å². The van der Waals surface area contributed by atoms with Crippen molar-refractivity contribution in [3.63, 3.8) is 0 Å². The van der Waals surface area contributed by atoms with Gasteiger partial charge in [0.15, 0.2) is 5.16 Å².